The molecule has 0 saturated carbocycles. The Kier molecular flexibility index (Phi) is 7.82. The molecule has 11 heteroatoms. The smallest absolute Gasteiger partial charge is 0.345 e. The molecule has 0 saturated heterocycles. The molecule has 1 amide bonds. The lowest BCUT2D eigenvalue weighted by molar-refractivity contribution is -0.385. The van der Waals surface area contributed by atoms with E-state index in [2.05, 4.69) is 5.32 Å². The first-order valence-electron chi connectivity index (χ1n) is 8.47. The maximum Gasteiger partial charge on any atom is 0.345 e. The summed E-state index contributed by atoms with van der Waals surface area (Å²) in [5.41, 5.74) is -0.220. The van der Waals surface area contributed by atoms with Gasteiger partial charge in [-0.1, -0.05) is 11.6 Å². The molecule has 0 aliphatic carbocycles. The quantitative estimate of drug-likeness (QED) is 0.359. The van der Waals surface area contributed by atoms with Crippen molar-refractivity contribution in [2.45, 2.75) is 6.54 Å². The summed E-state index contributed by atoms with van der Waals surface area (Å²) in [5, 5.41) is 13.7. The van der Waals surface area contributed by atoms with E-state index < -0.39 is 29.1 Å². The summed E-state index contributed by atoms with van der Waals surface area (Å²) in [7, 11) is 4.42. The van der Waals surface area contributed by atoms with E-state index in [0.29, 0.717) is 22.8 Å². The van der Waals surface area contributed by atoms with E-state index in [1.54, 1.807) is 12.1 Å². The Bertz CT molecular complexity index is 964. The predicted octanol–water partition coefficient (Wildman–Crippen LogP) is 2.75. The van der Waals surface area contributed by atoms with Crippen LogP contribution in [-0.2, 0) is 16.1 Å². The highest BCUT2D eigenvalue weighted by Crippen LogP contribution is 2.34. The van der Waals surface area contributed by atoms with Crippen LogP contribution in [0, 0.1) is 10.1 Å². The molecular formula is C19H19ClN2O8. The zero-order valence-corrected chi connectivity index (χ0v) is 17.1. The number of halogens is 1. The fraction of sp³-hybridized carbons (Fsp3) is 0.263. The van der Waals surface area contributed by atoms with Crippen LogP contribution >= 0.6 is 11.6 Å². The average Bonchev–Trinajstić information content (AvgIpc) is 2.74. The van der Waals surface area contributed by atoms with Gasteiger partial charge in [0, 0.05) is 29.3 Å². The monoisotopic (exact) mass is 438 g/mol. The first-order chi connectivity index (χ1) is 14.3. The standard InChI is InChI=1S/C19H19ClN2O8/c1-27-15-8-17(29-3)16(28-2)6-11(15)9-21-18(23)10-30-19(24)13-7-12(20)4-5-14(13)22(25)26/h4-8H,9-10H2,1-3H3,(H,21,23). The molecule has 2 aromatic carbocycles. The van der Waals surface area contributed by atoms with Crippen molar-refractivity contribution < 1.29 is 33.5 Å². The van der Waals surface area contributed by atoms with Crippen LogP contribution in [0.25, 0.3) is 0 Å². The highest BCUT2D eigenvalue weighted by molar-refractivity contribution is 6.31. The second-order valence-corrected chi connectivity index (χ2v) is 6.23. The molecule has 2 rings (SSSR count). The molecular weight excluding hydrogens is 420 g/mol. The topological polar surface area (TPSA) is 126 Å². The molecule has 0 fully saturated rings. The van der Waals surface area contributed by atoms with Crippen molar-refractivity contribution in [3.8, 4) is 17.2 Å². The van der Waals surface area contributed by atoms with Gasteiger partial charge in [-0.05, 0) is 18.2 Å². The van der Waals surface area contributed by atoms with E-state index in [1.165, 1.54) is 27.4 Å². The summed E-state index contributed by atoms with van der Waals surface area (Å²) in [4.78, 5) is 34.5. The summed E-state index contributed by atoms with van der Waals surface area (Å²) < 4.78 is 20.6. The molecule has 0 atom stereocenters. The van der Waals surface area contributed by atoms with Gasteiger partial charge in [-0.25, -0.2) is 4.79 Å². The SMILES string of the molecule is COc1cc(OC)c(OC)cc1CNC(=O)COC(=O)c1cc(Cl)ccc1[N+](=O)[O-]. The zero-order chi connectivity index (χ0) is 22.3. The number of amides is 1. The number of methoxy groups -OCH3 is 3. The van der Waals surface area contributed by atoms with Crippen molar-refractivity contribution in [1.29, 1.82) is 0 Å². The van der Waals surface area contributed by atoms with Gasteiger partial charge in [-0.3, -0.25) is 14.9 Å². The summed E-state index contributed by atoms with van der Waals surface area (Å²) in [5.74, 6) is -0.295. The number of rotatable bonds is 9. The molecule has 30 heavy (non-hydrogen) atoms. The number of hydrogen-bond donors (Lipinski definition) is 1. The van der Waals surface area contributed by atoms with Crippen LogP contribution in [0.3, 0.4) is 0 Å². The minimum Gasteiger partial charge on any atom is -0.496 e. The minimum atomic E-state index is -1.04. The summed E-state index contributed by atoms with van der Waals surface area (Å²) in [6, 6.07) is 6.72. The Labute approximate surface area is 176 Å². The number of hydrogen-bond acceptors (Lipinski definition) is 8. The fourth-order valence-corrected chi connectivity index (χ4v) is 2.69. The third-order valence-corrected chi connectivity index (χ3v) is 4.21. The highest BCUT2D eigenvalue weighted by Gasteiger charge is 2.22. The van der Waals surface area contributed by atoms with Crippen molar-refractivity contribution in [2.75, 3.05) is 27.9 Å². The molecule has 0 aromatic heterocycles. The molecule has 1 N–H and O–H groups in total. The van der Waals surface area contributed by atoms with Gasteiger partial charge < -0.3 is 24.3 Å². The van der Waals surface area contributed by atoms with Gasteiger partial charge in [0.2, 0.25) is 0 Å². The van der Waals surface area contributed by atoms with Crippen LogP contribution in [0.5, 0.6) is 17.2 Å². The third-order valence-electron chi connectivity index (χ3n) is 3.97. The number of carbonyl (C=O) groups is 2. The Morgan fingerprint density at radius 2 is 1.67 bits per heavy atom. The number of benzene rings is 2. The predicted molar refractivity (Wildman–Crippen MR) is 106 cm³/mol. The third kappa shape index (κ3) is 5.51. The number of nitrogens with zero attached hydrogens (tertiary/aromatic N) is 1. The number of esters is 1. The van der Waals surface area contributed by atoms with Crippen LogP contribution in [0.15, 0.2) is 30.3 Å². The van der Waals surface area contributed by atoms with Crippen molar-refractivity contribution in [2.24, 2.45) is 0 Å². The summed E-state index contributed by atoms with van der Waals surface area (Å²) in [6.45, 7) is -0.588. The van der Waals surface area contributed by atoms with Crippen molar-refractivity contribution in [3.63, 3.8) is 0 Å². The van der Waals surface area contributed by atoms with Crippen molar-refractivity contribution in [3.05, 3.63) is 56.6 Å². The number of carbonyl (C=O) groups excluding carboxylic acids is 2. The van der Waals surface area contributed by atoms with Gasteiger partial charge in [0.15, 0.2) is 18.1 Å². The van der Waals surface area contributed by atoms with Gasteiger partial charge in [-0.15, -0.1) is 0 Å². The van der Waals surface area contributed by atoms with Crippen LogP contribution < -0.4 is 19.5 Å². The number of ether oxygens (including phenoxy) is 4. The molecule has 0 unspecified atom stereocenters. The van der Waals surface area contributed by atoms with Crippen LogP contribution in [0.2, 0.25) is 5.02 Å². The van der Waals surface area contributed by atoms with Gasteiger partial charge in [0.05, 0.1) is 26.3 Å². The van der Waals surface area contributed by atoms with Crippen LogP contribution in [0.1, 0.15) is 15.9 Å². The van der Waals surface area contributed by atoms with E-state index in [4.69, 9.17) is 30.5 Å². The first-order valence-corrected chi connectivity index (χ1v) is 8.85. The molecule has 0 aliphatic heterocycles. The molecule has 160 valence electrons. The lowest BCUT2D eigenvalue weighted by Crippen LogP contribution is -2.28. The van der Waals surface area contributed by atoms with Gasteiger partial charge in [0.25, 0.3) is 11.6 Å². The average molecular weight is 439 g/mol. The maximum absolute atomic E-state index is 12.1. The molecule has 0 bridgehead atoms. The van der Waals surface area contributed by atoms with E-state index in [9.17, 15) is 19.7 Å². The molecule has 0 aliphatic rings. The summed E-state index contributed by atoms with van der Waals surface area (Å²) in [6.07, 6.45) is 0. The van der Waals surface area contributed by atoms with Gasteiger partial charge in [0.1, 0.15) is 11.3 Å². The largest absolute Gasteiger partial charge is 0.496 e. The fourth-order valence-electron chi connectivity index (χ4n) is 2.52. The molecule has 0 spiro atoms. The van der Waals surface area contributed by atoms with Crippen molar-refractivity contribution >= 4 is 29.2 Å². The number of nitrogens with one attached hydrogen (secondary N) is 1. The molecule has 2 aromatic rings. The lowest BCUT2D eigenvalue weighted by atomic mass is 10.1. The summed E-state index contributed by atoms with van der Waals surface area (Å²) >= 11 is 5.78. The lowest BCUT2D eigenvalue weighted by Gasteiger charge is -2.14. The Hall–Kier alpha value is -3.53. The van der Waals surface area contributed by atoms with E-state index in [1.807, 2.05) is 0 Å². The van der Waals surface area contributed by atoms with Crippen LogP contribution in [0.4, 0.5) is 5.69 Å². The highest BCUT2D eigenvalue weighted by atomic mass is 35.5. The molecule has 0 radical (unpaired) electrons. The molecule has 0 heterocycles. The first kappa shape index (κ1) is 22.8. The second-order valence-electron chi connectivity index (χ2n) is 5.79. The zero-order valence-electron chi connectivity index (χ0n) is 16.4. The number of nitro benzene ring substituents is 1. The Balaban J connectivity index is 2.02. The van der Waals surface area contributed by atoms with Gasteiger partial charge in [-0.2, -0.15) is 0 Å². The maximum atomic E-state index is 12.1. The van der Waals surface area contributed by atoms with Crippen molar-refractivity contribution in [1.82, 2.24) is 5.32 Å². The van der Waals surface area contributed by atoms with Gasteiger partial charge >= 0.3 is 5.97 Å². The van der Waals surface area contributed by atoms with E-state index >= 15 is 0 Å². The Morgan fingerprint density at radius 3 is 2.27 bits per heavy atom. The van der Waals surface area contributed by atoms with E-state index in [0.717, 1.165) is 12.1 Å². The van der Waals surface area contributed by atoms with Crippen LogP contribution in [-0.4, -0.2) is 44.7 Å². The second kappa shape index (κ2) is 10.3. The normalized spacial score (nSPS) is 10.1. The minimum absolute atomic E-state index is 0.0528. The Morgan fingerprint density at radius 1 is 1.03 bits per heavy atom. The number of nitro groups is 1. The van der Waals surface area contributed by atoms with E-state index in [-0.39, 0.29) is 17.1 Å². The molecule has 10 nitrogen and oxygen atoms in total.